The monoisotopic (exact) mass is 624 g/mol. The van der Waals surface area contributed by atoms with Crippen LogP contribution in [0.1, 0.15) is 40.7 Å². The van der Waals surface area contributed by atoms with Gasteiger partial charge in [0.05, 0.1) is 22.9 Å². The number of aliphatic hydroxyl groups is 3. The van der Waals surface area contributed by atoms with Gasteiger partial charge in [-0.25, -0.2) is 4.79 Å². The maximum Gasteiger partial charge on any atom is 0.418 e. The molecule has 5 rings (SSSR count). The van der Waals surface area contributed by atoms with E-state index in [4.69, 9.17) is 22.1 Å². The Morgan fingerprint density at radius 1 is 1.16 bits per heavy atom. The molecular weight excluding hydrogens is 601 g/mol. The lowest BCUT2D eigenvalue weighted by atomic mass is 9.54. The number of phenolic OH excluding ortho intramolecular Hbond substituents is 1. The van der Waals surface area contributed by atoms with Gasteiger partial charge in [0.25, 0.3) is 0 Å². The number of hydrogen-bond donors (Lipinski definition) is 6. The maximum atomic E-state index is 13.7. The van der Waals surface area contributed by atoms with Crippen molar-refractivity contribution in [1.82, 2.24) is 0 Å². The standard InChI is InChI=1S/C28H24ClF3N2O9/c1-9-11-3-2-4-15(35)18(11)21(37)20-17(9)22(13-8-16(36)19(25(33)40)23(38)27(13,42)24(20)39)43-26(41)34-14-6-5-10(29)7-12(14)28(30,31)32/h2-7,9,13,16-17,19,22,35-36,39,42H,8H2,1H3,(H2,33,40)(H,34,41)/t9-,13+,16?,17+,19?,22+,27+/m0/s1. The van der Waals surface area contributed by atoms with Gasteiger partial charge in [-0.05, 0) is 42.2 Å². The number of nitrogens with two attached hydrogens (primary N) is 1. The molecule has 3 aliphatic carbocycles. The molecule has 0 bridgehead atoms. The van der Waals surface area contributed by atoms with Crippen molar-refractivity contribution in [2.24, 2.45) is 23.5 Å². The Balaban J connectivity index is 1.65. The molecule has 7 atom stereocenters. The molecule has 0 aromatic heterocycles. The average molecular weight is 625 g/mol. The number of hydrogen-bond acceptors (Lipinski definition) is 9. The highest BCUT2D eigenvalue weighted by Crippen LogP contribution is 2.56. The number of rotatable bonds is 3. The van der Waals surface area contributed by atoms with Crippen LogP contribution in [0.2, 0.25) is 5.02 Å². The Bertz CT molecular complexity index is 1610. The van der Waals surface area contributed by atoms with Crippen molar-refractivity contribution in [3.8, 4) is 5.75 Å². The summed E-state index contributed by atoms with van der Waals surface area (Å²) >= 11 is 5.70. The van der Waals surface area contributed by atoms with E-state index in [9.17, 15) is 52.8 Å². The van der Waals surface area contributed by atoms with Crippen molar-refractivity contribution < 1.29 is 57.5 Å². The number of carbonyl (C=O) groups excluding carboxylic acids is 4. The van der Waals surface area contributed by atoms with Crippen LogP contribution in [0.3, 0.4) is 0 Å². The number of phenols is 1. The van der Waals surface area contributed by atoms with E-state index in [1.807, 2.05) is 5.32 Å². The number of anilines is 1. The molecule has 15 heteroatoms. The van der Waals surface area contributed by atoms with Gasteiger partial charge in [0.15, 0.2) is 17.2 Å². The number of aromatic hydroxyl groups is 1. The number of amides is 2. The fourth-order valence-electron chi connectivity index (χ4n) is 6.51. The Labute approximate surface area is 245 Å². The molecule has 0 heterocycles. The predicted molar refractivity (Wildman–Crippen MR) is 141 cm³/mol. The van der Waals surface area contributed by atoms with Gasteiger partial charge in [0, 0.05) is 22.4 Å². The first kappa shape index (κ1) is 30.3. The molecule has 1 saturated carbocycles. The number of ether oxygens (including phenoxy) is 1. The van der Waals surface area contributed by atoms with E-state index in [0.29, 0.717) is 6.07 Å². The van der Waals surface area contributed by atoms with Crippen LogP contribution >= 0.6 is 11.6 Å². The molecule has 0 aliphatic heterocycles. The van der Waals surface area contributed by atoms with Gasteiger partial charge in [-0.15, -0.1) is 0 Å². The minimum atomic E-state index is -4.94. The summed E-state index contributed by atoms with van der Waals surface area (Å²) < 4.78 is 46.5. The van der Waals surface area contributed by atoms with Gasteiger partial charge >= 0.3 is 12.3 Å². The van der Waals surface area contributed by atoms with Crippen LogP contribution in [-0.2, 0) is 20.5 Å². The molecule has 0 spiro atoms. The lowest BCUT2D eigenvalue weighted by molar-refractivity contribution is -0.179. The van der Waals surface area contributed by atoms with E-state index in [2.05, 4.69) is 0 Å². The van der Waals surface area contributed by atoms with Crippen molar-refractivity contribution in [1.29, 1.82) is 0 Å². The molecule has 2 amide bonds. The van der Waals surface area contributed by atoms with Gasteiger partial charge in [0.1, 0.15) is 23.5 Å². The zero-order valence-corrected chi connectivity index (χ0v) is 22.8. The van der Waals surface area contributed by atoms with Crippen LogP contribution in [0.15, 0.2) is 47.7 Å². The second-order valence-electron chi connectivity index (χ2n) is 10.8. The Morgan fingerprint density at radius 2 is 1.84 bits per heavy atom. The highest BCUT2D eigenvalue weighted by atomic mass is 35.5. The van der Waals surface area contributed by atoms with Crippen LogP contribution in [0, 0.1) is 17.8 Å². The number of Topliss-reactive ketones (excluding diaryl/α,β-unsaturated/α-hetero) is 2. The first-order chi connectivity index (χ1) is 20.0. The number of ketones is 2. The SMILES string of the molecule is C[C@H]1c2cccc(O)c2C(=O)C2=C(O)[C@]3(O)C(=O)C(C(N)=O)C(O)C[C@@H]3[C@@H](OC(=O)Nc3ccc(Cl)cc3C(F)(F)F)[C@@H]21. The molecule has 1 fully saturated rings. The summed E-state index contributed by atoms with van der Waals surface area (Å²) in [6, 6.07) is 6.63. The summed E-state index contributed by atoms with van der Waals surface area (Å²) in [5, 5.41) is 45.9. The smallest absolute Gasteiger partial charge is 0.418 e. The van der Waals surface area contributed by atoms with Crippen LogP contribution in [0.5, 0.6) is 5.75 Å². The third kappa shape index (κ3) is 4.60. The van der Waals surface area contributed by atoms with Crippen molar-refractivity contribution in [2.45, 2.75) is 43.2 Å². The van der Waals surface area contributed by atoms with Gasteiger partial charge in [0.2, 0.25) is 5.91 Å². The summed E-state index contributed by atoms with van der Waals surface area (Å²) in [6.07, 6.45) is -10.6. The Kier molecular flexibility index (Phi) is 7.22. The molecule has 0 radical (unpaired) electrons. The second-order valence-corrected chi connectivity index (χ2v) is 11.2. The first-order valence-electron chi connectivity index (χ1n) is 12.9. The molecule has 0 saturated heterocycles. The van der Waals surface area contributed by atoms with Crippen LogP contribution in [0.25, 0.3) is 0 Å². The molecule has 228 valence electrons. The normalized spacial score (nSPS) is 30.2. The highest BCUT2D eigenvalue weighted by Gasteiger charge is 2.67. The zero-order valence-electron chi connectivity index (χ0n) is 22.1. The van der Waals surface area contributed by atoms with Gasteiger partial charge in [-0.2, -0.15) is 13.2 Å². The van der Waals surface area contributed by atoms with Crippen LogP contribution in [-0.4, -0.2) is 61.8 Å². The molecule has 2 aromatic carbocycles. The van der Waals surface area contributed by atoms with E-state index >= 15 is 0 Å². The van der Waals surface area contributed by atoms with Crippen molar-refractivity contribution >= 4 is 40.9 Å². The highest BCUT2D eigenvalue weighted by molar-refractivity contribution is 6.30. The minimum absolute atomic E-state index is 0.251. The van der Waals surface area contributed by atoms with Crippen molar-refractivity contribution in [3.05, 3.63) is 69.4 Å². The number of alkyl halides is 3. The number of nitrogens with one attached hydrogen (secondary N) is 1. The van der Waals surface area contributed by atoms with E-state index in [1.165, 1.54) is 25.1 Å². The summed E-state index contributed by atoms with van der Waals surface area (Å²) in [5.41, 5.74) is -0.490. The quantitative estimate of drug-likeness (QED) is 0.278. The fraction of sp³-hybridized carbons (Fsp3) is 0.357. The van der Waals surface area contributed by atoms with Crippen molar-refractivity contribution in [3.63, 3.8) is 0 Å². The van der Waals surface area contributed by atoms with Gasteiger partial charge < -0.3 is 30.9 Å². The van der Waals surface area contributed by atoms with E-state index in [-0.39, 0.29) is 16.1 Å². The molecule has 2 aromatic rings. The Hall–Kier alpha value is -4.14. The van der Waals surface area contributed by atoms with Gasteiger partial charge in [-0.1, -0.05) is 30.7 Å². The summed E-state index contributed by atoms with van der Waals surface area (Å²) in [6.45, 7) is 1.54. The zero-order chi connectivity index (χ0) is 31.8. The summed E-state index contributed by atoms with van der Waals surface area (Å²) in [5.74, 6) is -11.4. The molecule has 3 aliphatic rings. The number of halogens is 4. The third-order valence-electron chi connectivity index (χ3n) is 8.42. The van der Waals surface area contributed by atoms with E-state index in [0.717, 1.165) is 12.1 Å². The minimum Gasteiger partial charge on any atom is -0.508 e. The fourth-order valence-corrected chi connectivity index (χ4v) is 6.68. The maximum absolute atomic E-state index is 13.7. The molecule has 7 N–H and O–H groups in total. The first-order valence-corrected chi connectivity index (χ1v) is 13.3. The number of carbonyl (C=O) groups is 4. The van der Waals surface area contributed by atoms with Gasteiger partial charge in [-0.3, -0.25) is 19.7 Å². The number of primary amides is 1. The summed E-state index contributed by atoms with van der Waals surface area (Å²) in [4.78, 5) is 52.4. The molecule has 11 nitrogen and oxygen atoms in total. The summed E-state index contributed by atoms with van der Waals surface area (Å²) in [7, 11) is 0. The average Bonchev–Trinajstić information content (AvgIpc) is 2.90. The largest absolute Gasteiger partial charge is 0.508 e. The molecular formula is C28H24ClF3N2O9. The molecule has 2 unspecified atom stereocenters. The van der Waals surface area contributed by atoms with E-state index in [1.54, 1.807) is 0 Å². The predicted octanol–water partition coefficient (Wildman–Crippen LogP) is 3.21. The number of benzene rings is 2. The molecule has 43 heavy (non-hydrogen) atoms. The van der Waals surface area contributed by atoms with E-state index < -0.39 is 106 Å². The van der Waals surface area contributed by atoms with Crippen molar-refractivity contribution in [2.75, 3.05) is 5.32 Å². The number of aliphatic hydroxyl groups excluding tert-OH is 2. The topological polar surface area (TPSA) is 196 Å². The van der Waals surface area contributed by atoms with Crippen LogP contribution < -0.4 is 11.1 Å². The lowest BCUT2D eigenvalue weighted by Gasteiger charge is -2.52. The lowest BCUT2D eigenvalue weighted by Crippen LogP contribution is -2.67. The third-order valence-corrected chi connectivity index (χ3v) is 8.66. The Morgan fingerprint density at radius 3 is 2.47 bits per heavy atom. The number of fused-ring (bicyclic) bond motifs is 3. The van der Waals surface area contributed by atoms with Crippen LogP contribution in [0.4, 0.5) is 23.7 Å². The second kappa shape index (κ2) is 10.2.